The zero-order valence-corrected chi connectivity index (χ0v) is 15.4. The highest BCUT2D eigenvalue weighted by atomic mass is 16.6. The molecule has 1 aliphatic carbocycles. The molecule has 3 N–H and O–H groups in total. The van der Waals surface area contributed by atoms with Gasteiger partial charge in [0, 0.05) is 26.7 Å². The van der Waals surface area contributed by atoms with E-state index in [0.717, 1.165) is 24.3 Å². The number of carbonyl (C=O) groups excluding carboxylic acids is 1. The molecule has 2 unspecified atom stereocenters. The van der Waals surface area contributed by atoms with Gasteiger partial charge in [0.25, 0.3) is 0 Å². The van der Waals surface area contributed by atoms with Crippen molar-refractivity contribution < 1.29 is 9.53 Å². The standard InChI is InChI=1S/C17H34N4O2/c1-13-8-6-7-9-14(13)12-21-15(18-5)19-10-11-20-16(22)23-17(2,3)4/h13-14H,6-12H2,1-5H3,(H,20,22)(H2,18,19,21). The van der Waals surface area contributed by atoms with Crippen LogP contribution in [0, 0.1) is 11.8 Å². The molecule has 2 atom stereocenters. The van der Waals surface area contributed by atoms with Gasteiger partial charge < -0.3 is 20.7 Å². The second kappa shape index (κ2) is 9.63. The van der Waals surface area contributed by atoms with Crippen molar-refractivity contribution in [1.82, 2.24) is 16.0 Å². The highest BCUT2D eigenvalue weighted by molar-refractivity contribution is 5.79. The maximum Gasteiger partial charge on any atom is 0.407 e. The van der Waals surface area contributed by atoms with Crippen LogP contribution in [0.5, 0.6) is 0 Å². The Balaban J connectivity index is 2.18. The molecule has 6 nitrogen and oxygen atoms in total. The number of nitrogens with zero attached hydrogens (tertiary/aromatic N) is 1. The molecular formula is C17H34N4O2. The van der Waals surface area contributed by atoms with E-state index in [1.54, 1.807) is 7.05 Å². The minimum absolute atomic E-state index is 0.390. The summed E-state index contributed by atoms with van der Waals surface area (Å²) >= 11 is 0. The first kappa shape index (κ1) is 19.6. The first-order valence-electron chi connectivity index (χ1n) is 8.73. The SMILES string of the molecule is CN=C(NCCNC(=O)OC(C)(C)C)NCC1CCCCC1C. The molecule has 0 aromatic heterocycles. The fourth-order valence-electron chi connectivity index (χ4n) is 2.80. The van der Waals surface area contributed by atoms with E-state index >= 15 is 0 Å². The molecule has 1 fully saturated rings. The number of nitrogens with one attached hydrogen (secondary N) is 3. The summed E-state index contributed by atoms with van der Waals surface area (Å²) in [6.45, 7) is 9.95. The molecule has 0 bridgehead atoms. The Morgan fingerprint density at radius 1 is 1.13 bits per heavy atom. The van der Waals surface area contributed by atoms with E-state index in [-0.39, 0.29) is 0 Å². The number of aliphatic imine (C=N–C) groups is 1. The molecule has 0 aromatic rings. The Hall–Kier alpha value is -1.46. The maximum atomic E-state index is 11.5. The average molecular weight is 326 g/mol. The first-order valence-corrected chi connectivity index (χ1v) is 8.73. The Morgan fingerprint density at radius 2 is 1.78 bits per heavy atom. The van der Waals surface area contributed by atoms with Crippen LogP contribution in [-0.2, 0) is 4.74 Å². The second-order valence-electron chi connectivity index (χ2n) is 7.33. The van der Waals surface area contributed by atoms with E-state index in [9.17, 15) is 4.79 Å². The molecule has 134 valence electrons. The highest BCUT2D eigenvalue weighted by Gasteiger charge is 2.21. The molecule has 1 saturated carbocycles. The van der Waals surface area contributed by atoms with E-state index in [1.807, 2.05) is 20.8 Å². The van der Waals surface area contributed by atoms with Crippen LogP contribution in [0.1, 0.15) is 53.4 Å². The monoisotopic (exact) mass is 326 g/mol. The van der Waals surface area contributed by atoms with Gasteiger partial charge >= 0.3 is 6.09 Å². The third-order valence-electron chi connectivity index (χ3n) is 4.13. The van der Waals surface area contributed by atoms with E-state index < -0.39 is 11.7 Å². The van der Waals surface area contributed by atoms with Crippen molar-refractivity contribution in [2.24, 2.45) is 16.8 Å². The summed E-state index contributed by atoms with van der Waals surface area (Å²) in [5.74, 6) is 2.29. The molecule has 1 amide bonds. The molecule has 1 rings (SSSR count). The molecule has 0 saturated heterocycles. The van der Waals surface area contributed by atoms with Crippen LogP contribution >= 0.6 is 0 Å². The summed E-state index contributed by atoms with van der Waals surface area (Å²) in [4.78, 5) is 15.8. The summed E-state index contributed by atoms with van der Waals surface area (Å²) in [5, 5.41) is 9.33. The van der Waals surface area contributed by atoms with Crippen molar-refractivity contribution in [2.45, 2.75) is 59.0 Å². The van der Waals surface area contributed by atoms with Crippen LogP contribution in [0.4, 0.5) is 4.79 Å². The summed E-state index contributed by atoms with van der Waals surface area (Å²) < 4.78 is 5.19. The van der Waals surface area contributed by atoms with Gasteiger partial charge in [0.1, 0.15) is 5.60 Å². The van der Waals surface area contributed by atoms with Gasteiger partial charge in [-0.3, -0.25) is 4.99 Å². The van der Waals surface area contributed by atoms with E-state index in [4.69, 9.17) is 4.74 Å². The third kappa shape index (κ3) is 8.67. The van der Waals surface area contributed by atoms with Gasteiger partial charge in [-0.2, -0.15) is 0 Å². The normalized spacial score (nSPS) is 22.4. The topological polar surface area (TPSA) is 74.8 Å². The lowest BCUT2D eigenvalue weighted by molar-refractivity contribution is 0.0529. The van der Waals surface area contributed by atoms with Crippen molar-refractivity contribution in [1.29, 1.82) is 0 Å². The predicted octanol–water partition coefficient (Wildman–Crippen LogP) is 2.50. The number of rotatable bonds is 5. The molecule has 23 heavy (non-hydrogen) atoms. The van der Waals surface area contributed by atoms with Crippen molar-refractivity contribution in [3.63, 3.8) is 0 Å². The fourth-order valence-corrected chi connectivity index (χ4v) is 2.80. The number of guanidine groups is 1. The van der Waals surface area contributed by atoms with Gasteiger partial charge in [-0.15, -0.1) is 0 Å². The van der Waals surface area contributed by atoms with E-state index in [0.29, 0.717) is 13.1 Å². The van der Waals surface area contributed by atoms with Crippen LogP contribution < -0.4 is 16.0 Å². The Morgan fingerprint density at radius 3 is 2.39 bits per heavy atom. The van der Waals surface area contributed by atoms with Crippen LogP contribution in [0.3, 0.4) is 0 Å². The number of amides is 1. The Bertz CT molecular complexity index is 391. The molecule has 6 heteroatoms. The number of hydrogen-bond acceptors (Lipinski definition) is 3. The van der Waals surface area contributed by atoms with E-state index in [1.165, 1.54) is 25.7 Å². The zero-order chi connectivity index (χ0) is 17.3. The Labute approximate surface area is 140 Å². The molecule has 0 aliphatic heterocycles. The van der Waals surface area contributed by atoms with Gasteiger partial charge in [0.15, 0.2) is 5.96 Å². The molecule has 0 heterocycles. The average Bonchev–Trinajstić information content (AvgIpc) is 2.46. The van der Waals surface area contributed by atoms with Crippen molar-refractivity contribution in [2.75, 3.05) is 26.7 Å². The van der Waals surface area contributed by atoms with Crippen LogP contribution in [0.2, 0.25) is 0 Å². The number of alkyl carbamates (subject to hydrolysis) is 1. The number of ether oxygens (including phenoxy) is 1. The summed E-state index contributed by atoms with van der Waals surface area (Å²) in [6, 6.07) is 0. The second-order valence-corrected chi connectivity index (χ2v) is 7.33. The maximum absolute atomic E-state index is 11.5. The lowest BCUT2D eigenvalue weighted by Gasteiger charge is -2.29. The minimum Gasteiger partial charge on any atom is -0.444 e. The summed E-state index contributed by atoms with van der Waals surface area (Å²) in [7, 11) is 1.76. The fraction of sp³-hybridized carbons (Fsp3) is 0.882. The number of hydrogen-bond donors (Lipinski definition) is 3. The molecule has 0 spiro atoms. The van der Waals surface area contributed by atoms with E-state index in [2.05, 4.69) is 27.9 Å². The van der Waals surface area contributed by atoms with Gasteiger partial charge in [0.05, 0.1) is 0 Å². The van der Waals surface area contributed by atoms with Crippen LogP contribution in [-0.4, -0.2) is 44.3 Å². The van der Waals surface area contributed by atoms with Gasteiger partial charge in [-0.25, -0.2) is 4.79 Å². The van der Waals surface area contributed by atoms with Gasteiger partial charge in [-0.05, 0) is 39.0 Å². The predicted molar refractivity (Wildman–Crippen MR) is 94.7 cm³/mol. The first-order chi connectivity index (χ1) is 10.8. The highest BCUT2D eigenvalue weighted by Crippen LogP contribution is 2.28. The molecule has 1 aliphatic rings. The smallest absolute Gasteiger partial charge is 0.407 e. The minimum atomic E-state index is -0.466. The Kier molecular flexibility index (Phi) is 8.20. The van der Waals surface area contributed by atoms with Crippen molar-refractivity contribution in [3.8, 4) is 0 Å². The van der Waals surface area contributed by atoms with Crippen molar-refractivity contribution in [3.05, 3.63) is 0 Å². The zero-order valence-electron chi connectivity index (χ0n) is 15.4. The number of carbonyl (C=O) groups is 1. The third-order valence-corrected chi connectivity index (χ3v) is 4.13. The lowest BCUT2D eigenvalue weighted by atomic mass is 9.80. The summed E-state index contributed by atoms with van der Waals surface area (Å²) in [6.07, 6.45) is 4.94. The van der Waals surface area contributed by atoms with Crippen LogP contribution in [0.25, 0.3) is 0 Å². The van der Waals surface area contributed by atoms with Crippen LogP contribution in [0.15, 0.2) is 4.99 Å². The molecular weight excluding hydrogens is 292 g/mol. The summed E-state index contributed by atoms with van der Waals surface area (Å²) in [5.41, 5.74) is -0.466. The lowest BCUT2D eigenvalue weighted by Crippen LogP contribution is -2.44. The van der Waals surface area contributed by atoms with Gasteiger partial charge in [0.2, 0.25) is 0 Å². The largest absolute Gasteiger partial charge is 0.444 e. The van der Waals surface area contributed by atoms with Gasteiger partial charge in [-0.1, -0.05) is 26.2 Å². The van der Waals surface area contributed by atoms with Crippen molar-refractivity contribution >= 4 is 12.1 Å². The quantitative estimate of drug-likeness (QED) is 0.412. The molecule has 0 radical (unpaired) electrons. The molecule has 0 aromatic carbocycles.